The molecule has 4 aliphatic heterocycles. The Morgan fingerprint density at radius 3 is 2.14 bits per heavy atom. The summed E-state index contributed by atoms with van der Waals surface area (Å²) in [7, 11) is 0. The van der Waals surface area contributed by atoms with Crippen molar-refractivity contribution in [1.29, 1.82) is 0 Å². The number of hydrogen-bond donors (Lipinski definition) is 1. The molecule has 2 aromatic rings. The van der Waals surface area contributed by atoms with Crippen molar-refractivity contribution in [1.82, 2.24) is 14.7 Å². The van der Waals surface area contributed by atoms with Crippen molar-refractivity contribution in [3.63, 3.8) is 0 Å². The molecule has 0 radical (unpaired) electrons. The second-order valence-corrected chi connectivity index (χ2v) is 12.4. The van der Waals surface area contributed by atoms with E-state index in [0.29, 0.717) is 26.1 Å². The fraction of sp³-hybridized carbons (Fsp3) is 0.441. The van der Waals surface area contributed by atoms with Gasteiger partial charge in [0.05, 0.1) is 30.1 Å². The maximum atomic E-state index is 14.7. The molecule has 1 N–H and O–H groups in total. The molecule has 1 spiro atoms. The van der Waals surface area contributed by atoms with E-state index >= 15 is 0 Å². The molecule has 0 bridgehead atoms. The van der Waals surface area contributed by atoms with E-state index in [1.54, 1.807) is 14.7 Å². The maximum Gasteiger partial charge on any atom is 0.249 e. The molecule has 2 aromatic carbocycles. The van der Waals surface area contributed by atoms with Crippen LogP contribution in [0.4, 0.5) is 0 Å². The number of benzene rings is 2. The minimum absolute atomic E-state index is 0.111. The van der Waals surface area contributed by atoms with Gasteiger partial charge in [-0.2, -0.15) is 0 Å². The number of ether oxygens (including phenoxy) is 1. The van der Waals surface area contributed by atoms with Gasteiger partial charge in [0.2, 0.25) is 17.7 Å². The summed E-state index contributed by atoms with van der Waals surface area (Å²) >= 11 is 0. The standard InChI is InChI=1S/C34H39N3O5/c1-23(2)36-19-11-17-34-28(31(40)37(29(34)32(36)41)26(22-38)20-24-12-6-4-7-13-24)27-30(39)35(18-10-16-33(27,3)42-34)21-25-14-8-5-9-15-25/h4-17,23,26-29,38H,18-22H2,1-3H3/t26-,27+,28+,29?,33-,34+/m1/s1. The average Bonchev–Trinajstić information content (AvgIpc) is 3.25. The summed E-state index contributed by atoms with van der Waals surface area (Å²) < 4.78 is 6.93. The van der Waals surface area contributed by atoms with Crippen LogP contribution in [0.5, 0.6) is 0 Å². The molecule has 3 amide bonds. The van der Waals surface area contributed by atoms with E-state index in [-0.39, 0.29) is 30.4 Å². The lowest BCUT2D eigenvalue weighted by atomic mass is 9.74. The lowest BCUT2D eigenvalue weighted by Crippen LogP contribution is -2.59. The van der Waals surface area contributed by atoms with Crippen LogP contribution in [-0.2, 0) is 32.1 Å². The molecule has 220 valence electrons. The van der Waals surface area contributed by atoms with Crippen LogP contribution in [-0.4, -0.2) is 86.6 Å². The molecule has 42 heavy (non-hydrogen) atoms. The Bertz CT molecular complexity index is 1410. The van der Waals surface area contributed by atoms with Crippen LogP contribution < -0.4 is 0 Å². The van der Waals surface area contributed by atoms with E-state index in [1.807, 2.05) is 106 Å². The predicted octanol–water partition coefficient (Wildman–Crippen LogP) is 2.97. The first-order valence-corrected chi connectivity index (χ1v) is 14.9. The molecule has 4 aliphatic rings. The number of rotatable bonds is 7. The predicted molar refractivity (Wildman–Crippen MR) is 158 cm³/mol. The monoisotopic (exact) mass is 569 g/mol. The molecule has 1 unspecified atom stereocenters. The number of nitrogens with zero attached hydrogens (tertiary/aromatic N) is 3. The van der Waals surface area contributed by atoms with Gasteiger partial charge in [0, 0.05) is 25.7 Å². The third kappa shape index (κ3) is 4.48. The fourth-order valence-corrected chi connectivity index (χ4v) is 7.47. The van der Waals surface area contributed by atoms with Crippen molar-refractivity contribution in [2.75, 3.05) is 19.7 Å². The summed E-state index contributed by atoms with van der Waals surface area (Å²) in [6.07, 6.45) is 7.97. The van der Waals surface area contributed by atoms with Crippen molar-refractivity contribution in [3.05, 3.63) is 96.1 Å². The van der Waals surface area contributed by atoms with Gasteiger partial charge in [0.1, 0.15) is 11.6 Å². The molecule has 0 aromatic heterocycles. The van der Waals surface area contributed by atoms with Gasteiger partial charge in [-0.05, 0) is 38.3 Å². The zero-order valence-corrected chi connectivity index (χ0v) is 24.4. The van der Waals surface area contributed by atoms with Gasteiger partial charge in [0.25, 0.3) is 0 Å². The number of aliphatic hydroxyl groups excluding tert-OH is 1. The average molecular weight is 570 g/mol. The Hall–Kier alpha value is -3.75. The molecule has 0 saturated carbocycles. The lowest BCUT2D eigenvalue weighted by molar-refractivity contribution is -0.156. The Morgan fingerprint density at radius 2 is 1.50 bits per heavy atom. The van der Waals surface area contributed by atoms with Crippen LogP contribution >= 0.6 is 0 Å². The zero-order chi connectivity index (χ0) is 29.6. The summed E-state index contributed by atoms with van der Waals surface area (Å²) in [4.78, 5) is 48.6. The molecule has 0 aliphatic carbocycles. The highest BCUT2D eigenvalue weighted by Gasteiger charge is 2.75. The summed E-state index contributed by atoms with van der Waals surface area (Å²) in [5.74, 6) is -2.47. The Kier molecular flexibility index (Phi) is 7.31. The van der Waals surface area contributed by atoms with Crippen molar-refractivity contribution >= 4 is 17.7 Å². The molecule has 8 heteroatoms. The highest BCUT2D eigenvalue weighted by Crippen LogP contribution is 2.58. The molecule has 6 atom stereocenters. The number of hydrogen-bond acceptors (Lipinski definition) is 5. The SMILES string of the molecule is CC(C)N1CC=C[C@]23O[C@]4(C)C=CCN(Cc5ccccc5)C(=O)[C@@H]4[C@H]2C(=O)N([C@@H](CO)Cc2ccccc2)C3C1=O. The first-order valence-electron chi connectivity index (χ1n) is 14.9. The smallest absolute Gasteiger partial charge is 0.249 e. The van der Waals surface area contributed by atoms with Gasteiger partial charge in [-0.25, -0.2) is 0 Å². The Morgan fingerprint density at radius 1 is 0.857 bits per heavy atom. The van der Waals surface area contributed by atoms with E-state index in [0.717, 1.165) is 11.1 Å². The molecule has 8 nitrogen and oxygen atoms in total. The molecular formula is C34H39N3O5. The van der Waals surface area contributed by atoms with E-state index in [2.05, 4.69) is 0 Å². The van der Waals surface area contributed by atoms with Gasteiger partial charge >= 0.3 is 0 Å². The van der Waals surface area contributed by atoms with Gasteiger partial charge in [-0.3, -0.25) is 14.4 Å². The second-order valence-electron chi connectivity index (χ2n) is 12.4. The van der Waals surface area contributed by atoms with Crippen LogP contribution in [0.15, 0.2) is 85.0 Å². The van der Waals surface area contributed by atoms with Crippen LogP contribution in [0.1, 0.15) is 31.9 Å². The van der Waals surface area contributed by atoms with E-state index in [9.17, 15) is 19.5 Å². The number of carbonyl (C=O) groups is 3. The highest BCUT2D eigenvalue weighted by molar-refractivity contribution is 6.00. The number of carbonyl (C=O) groups excluding carboxylic acids is 3. The summed E-state index contributed by atoms with van der Waals surface area (Å²) in [5, 5.41) is 10.7. The topological polar surface area (TPSA) is 90.4 Å². The normalized spacial score (nSPS) is 31.2. The van der Waals surface area contributed by atoms with Crippen LogP contribution in [0.3, 0.4) is 0 Å². The largest absolute Gasteiger partial charge is 0.394 e. The summed E-state index contributed by atoms with van der Waals surface area (Å²) in [5.41, 5.74) is -0.495. The van der Waals surface area contributed by atoms with Gasteiger partial charge < -0.3 is 24.5 Å². The minimum atomic E-state index is -1.35. The lowest BCUT2D eigenvalue weighted by Gasteiger charge is -2.40. The first kappa shape index (κ1) is 28.4. The summed E-state index contributed by atoms with van der Waals surface area (Å²) in [6, 6.07) is 17.6. The van der Waals surface area contributed by atoms with Crippen molar-refractivity contribution in [3.8, 4) is 0 Å². The number of fused-ring (bicyclic) bond motifs is 2. The van der Waals surface area contributed by atoms with Gasteiger partial charge in [0.15, 0.2) is 0 Å². The first-order chi connectivity index (χ1) is 20.2. The van der Waals surface area contributed by atoms with Gasteiger partial charge in [-0.15, -0.1) is 0 Å². The van der Waals surface area contributed by atoms with Crippen LogP contribution in [0, 0.1) is 11.8 Å². The second kappa shape index (κ2) is 10.8. The molecule has 2 saturated heterocycles. The van der Waals surface area contributed by atoms with Crippen LogP contribution in [0.2, 0.25) is 0 Å². The summed E-state index contributed by atoms with van der Waals surface area (Å²) in [6.45, 7) is 6.61. The zero-order valence-electron chi connectivity index (χ0n) is 24.4. The third-order valence-electron chi connectivity index (χ3n) is 9.37. The van der Waals surface area contributed by atoms with Crippen molar-refractivity contribution < 1.29 is 24.2 Å². The fourth-order valence-electron chi connectivity index (χ4n) is 7.47. The van der Waals surface area contributed by atoms with E-state index in [4.69, 9.17) is 4.74 Å². The molecule has 2 fully saturated rings. The minimum Gasteiger partial charge on any atom is -0.394 e. The van der Waals surface area contributed by atoms with Crippen LogP contribution in [0.25, 0.3) is 0 Å². The number of aliphatic hydroxyl groups is 1. The Balaban J connectivity index is 1.45. The molecule has 4 heterocycles. The molecule has 6 rings (SSSR count). The third-order valence-corrected chi connectivity index (χ3v) is 9.37. The van der Waals surface area contributed by atoms with E-state index < -0.39 is 35.1 Å². The van der Waals surface area contributed by atoms with E-state index in [1.165, 1.54) is 0 Å². The van der Waals surface area contributed by atoms with Gasteiger partial charge in [-0.1, -0.05) is 85.0 Å². The maximum absolute atomic E-state index is 14.7. The number of amides is 3. The number of likely N-dealkylation sites (tertiary alicyclic amines) is 1. The van der Waals surface area contributed by atoms with Crippen molar-refractivity contribution in [2.45, 2.75) is 63.1 Å². The Labute approximate surface area is 247 Å². The quantitative estimate of drug-likeness (QED) is 0.518. The molecular weight excluding hydrogens is 530 g/mol. The van der Waals surface area contributed by atoms with Crippen molar-refractivity contribution in [2.24, 2.45) is 11.8 Å². The highest BCUT2D eigenvalue weighted by atomic mass is 16.5.